The summed E-state index contributed by atoms with van der Waals surface area (Å²) in [5, 5.41) is 12.3. The van der Waals surface area contributed by atoms with Gasteiger partial charge in [-0.25, -0.2) is 8.42 Å². The van der Waals surface area contributed by atoms with E-state index in [-0.39, 0.29) is 23.2 Å². The Hall–Kier alpha value is -1.58. The summed E-state index contributed by atoms with van der Waals surface area (Å²) in [7, 11) is -1.26. The van der Waals surface area contributed by atoms with Crippen molar-refractivity contribution in [3.63, 3.8) is 0 Å². The Morgan fingerprint density at radius 3 is 2.77 bits per heavy atom. The summed E-state index contributed by atoms with van der Waals surface area (Å²) in [5.74, 6) is 0.618. The highest BCUT2D eigenvalue weighted by Gasteiger charge is 2.39. The van der Waals surface area contributed by atoms with E-state index in [1.54, 1.807) is 17.6 Å². The number of hydrogen-bond donors (Lipinski definition) is 1. The molecule has 1 aliphatic rings. The molecular formula is C16H19ClN4O3S2. The van der Waals surface area contributed by atoms with E-state index in [4.69, 9.17) is 11.6 Å². The Kier molecular flexibility index (Phi) is 5.32. The minimum absolute atomic E-state index is 0.0168. The quantitative estimate of drug-likeness (QED) is 0.751. The molecule has 2 heterocycles. The fourth-order valence-electron chi connectivity index (χ4n) is 2.93. The van der Waals surface area contributed by atoms with Crippen LogP contribution >= 0.6 is 23.4 Å². The molecule has 1 aromatic carbocycles. The highest BCUT2D eigenvalue weighted by Crippen LogP contribution is 2.28. The second-order valence-corrected chi connectivity index (χ2v) is 10.1. The Bertz CT molecular complexity index is 945. The minimum Gasteiger partial charge on any atom is -0.349 e. The van der Waals surface area contributed by atoms with Crippen LogP contribution in [0.5, 0.6) is 0 Å². The van der Waals surface area contributed by atoms with Crippen molar-refractivity contribution in [2.24, 2.45) is 7.05 Å². The van der Waals surface area contributed by atoms with Gasteiger partial charge in [0.25, 0.3) is 0 Å². The zero-order chi connectivity index (χ0) is 18.9. The zero-order valence-corrected chi connectivity index (χ0v) is 16.8. The monoisotopic (exact) mass is 414 g/mol. The van der Waals surface area contributed by atoms with Gasteiger partial charge in [-0.3, -0.25) is 4.79 Å². The lowest BCUT2D eigenvalue weighted by molar-refractivity contribution is -0.120. The Morgan fingerprint density at radius 1 is 1.38 bits per heavy atom. The number of amides is 1. The van der Waals surface area contributed by atoms with Crippen LogP contribution in [-0.4, -0.2) is 51.9 Å². The topological polar surface area (TPSA) is 94.0 Å². The Labute approximate surface area is 161 Å². The molecule has 10 heteroatoms. The average Bonchev–Trinajstić information content (AvgIpc) is 3.05. The number of carbonyl (C=O) groups is 1. The molecule has 0 spiro atoms. The third kappa shape index (κ3) is 4.21. The van der Waals surface area contributed by atoms with Crippen LogP contribution in [0.25, 0.3) is 11.4 Å². The third-order valence-corrected chi connectivity index (χ3v) is 7.48. The van der Waals surface area contributed by atoms with Crippen molar-refractivity contribution < 1.29 is 13.2 Å². The number of rotatable bonds is 5. The standard InChI is InChI=1S/C16H19ClN4O3S2/c1-16(7-8-26(23,24)10-16)18-13(22)9-25-15-20-19-14(21(15)2)11-5-3-4-6-12(11)17/h3-6H,7-10H2,1-2H3,(H,18,22)/t16-/m1/s1. The number of benzene rings is 1. The van der Waals surface area contributed by atoms with Gasteiger partial charge < -0.3 is 9.88 Å². The lowest BCUT2D eigenvalue weighted by atomic mass is 10.0. The smallest absolute Gasteiger partial charge is 0.230 e. The summed E-state index contributed by atoms with van der Waals surface area (Å²) >= 11 is 7.44. The molecule has 0 saturated carbocycles. The van der Waals surface area contributed by atoms with E-state index in [1.165, 1.54) is 11.8 Å². The number of hydrogen-bond acceptors (Lipinski definition) is 6. The van der Waals surface area contributed by atoms with Crippen LogP contribution in [0.15, 0.2) is 29.4 Å². The molecule has 26 heavy (non-hydrogen) atoms. The second kappa shape index (κ2) is 7.21. The van der Waals surface area contributed by atoms with Gasteiger partial charge in [-0.2, -0.15) is 0 Å². The van der Waals surface area contributed by atoms with Gasteiger partial charge >= 0.3 is 0 Å². The molecule has 7 nitrogen and oxygen atoms in total. The summed E-state index contributed by atoms with van der Waals surface area (Å²) in [4.78, 5) is 12.2. The van der Waals surface area contributed by atoms with Crippen LogP contribution < -0.4 is 5.32 Å². The molecule has 0 bridgehead atoms. The van der Waals surface area contributed by atoms with Crippen molar-refractivity contribution >= 4 is 39.1 Å². The van der Waals surface area contributed by atoms with E-state index in [0.29, 0.717) is 22.4 Å². The maximum atomic E-state index is 12.2. The molecule has 0 radical (unpaired) electrons. The molecule has 1 amide bonds. The largest absolute Gasteiger partial charge is 0.349 e. The maximum Gasteiger partial charge on any atom is 0.230 e. The van der Waals surface area contributed by atoms with Crippen LogP contribution in [0.1, 0.15) is 13.3 Å². The van der Waals surface area contributed by atoms with Crippen LogP contribution in [0.4, 0.5) is 0 Å². The van der Waals surface area contributed by atoms with Gasteiger partial charge in [-0.1, -0.05) is 35.5 Å². The molecule has 1 saturated heterocycles. The molecule has 1 fully saturated rings. The number of nitrogens with zero attached hydrogens (tertiary/aromatic N) is 3. The van der Waals surface area contributed by atoms with Crippen LogP contribution in [0.3, 0.4) is 0 Å². The summed E-state index contributed by atoms with van der Waals surface area (Å²) in [6, 6.07) is 7.34. The molecule has 1 aromatic heterocycles. The van der Waals surface area contributed by atoms with Gasteiger partial charge in [0.1, 0.15) is 0 Å². The van der Waals surface area contributed by atoms with Crippen molar-refractivity contribution in [2.45, 2.75) is 24.0 Å². The number of sulfone groups is 1. The van der Waals surface area contributed by atoms with Gasteiger partial charge in [-0.05, 0) is 25.5 Å². The minimum atomic E-state index is -3.07. The van der Waals surface area contributed by atoms with Crippen molar-refractivity contribution in [3.8, 4) is 11.4 Å². The predicted octanol–water partition coefficient (Wildman–Crippen LogP) is 1.92. The van der Waals surface area contributed by atoms with Crippen molar-refractivity contribution in [1.82, 2.24) is 20.1 Å². The summed E-state index contributed by atoms with van der Waals surface area (Å²) in [6.45, 7) is 1.76. The average molecular weight is 415 g/mol. The maximum absolute atomic E-state index is 12.2. The summed E-state index contributed by atoms with van der Waals surface area (Å²) < 4.78 is 25.0. The van der Waals surface area contributed by atoms with Gasteiger partial charge in [-0.15, -0.1) is 10.2 Å². The molecule has 140 valence electrons. The highest BCUT2D eigenvalue weighted by molar-refractivity contribution is 7.99. The van der Waals surface area contributed by atoms with Crippen molar-refractivity contribution in [2.75, 3.05) is 17.3 Å². The van der Waals surface area contributed by atoms with Gasteiger partial charge in [0.2, 0.25) is 5.91 Å². The normalized spacial score (nSPS) is 21.7. The first-order valence-electron chi connectivity index (χ1n) is 7.98. The van der Waals surface area contributed by atoms with Gasteiger partial charge in [0.05, 0.1) is 27.8 Å². The molecule has 1 N–H and O–H groups in total. The Balaban J connectivity index is 1.64. The van der Waals surface area contributed by atoms with Crippen LogP contribution in [0.2, 0.25) is 5.02 Å². The zero-order valence-electron chi connectivity index (χ0n) is 14.4. The van der Waals surface area contributed by atoms with E-state index >= 15 is 0 Å². The summed E-state index contributed by atoms with van der Waals surface area (Å²) in [6.07, 6.45) is 0.437. The first kappa shape index (κ1) is 19.2. The van der Waals surface area contributed by atoms with Crippen LogP contribution in [0, 0.1) is 0 Å². The molecular weight excluding hydrogens is 396 g/mol. The SMILES string of the molecule is Cn1c(SCC(=O)N[C@]2(C)CCS(=O)(=O)C2)nnc1-c1ccccc1Cl. The number of halogens is 1. The molecule has 0 unspecified atom stereocenters. The van der Waals surface area contributed by atoms with Crippen molar-refractivity contribution in [3.05, 3.63) is 29.3 Å². The predicted molar refractivity (Wildman–Crippen MR) is 102 cm³/mol. The highest BCUT2D eigenvalue weighted by atomic mass is 35.5. The number of thioether (sulfide) groups is 1. The molecule has 2 aromatic rings. The fourth-order valence-corrected chi connectivity index (χ4v) is 5.95. The van der Waals surface area contributed by atoms with E-state index in [2.05, 4.69) is 15.5 Å². The lowest BCUT2D eigenvalue weighted by Gasteiger charge is -2.23. The van der Waals surface area contributed by atoms with Gasteiger partial charge in [0.15, 0.2) is 20.8 Å². The second-order valence-electron chi connectivity index (χ2n) is 6.58. The molecule has 0 aliphatic carbocycles. The fraction of sp³-hybridized carbons (Fsp3) is 0.438. The van der Waals surface area contributed by atoms with Crippen molar-refractivity contribution in [1.29, 1.82) is 0 Å². The van der Waals surface area contributed by atoms with E-state index in [9.17, 15) is 13.2 Å². The third-order valence-electron chi connectivity index (χ3n) is 4.23. The molecule has 3 rings (SSSR count). The first-order valence-corrected chi connectivity index (χ1v) is 11.2. The van der Waals surface area contributed by atoms with E-state index in [1.807, 2.05) is 25.2 Å². The molecule has 1 aliphatic heterocycles. The number of nitrogens with one attached hydrogen (secondary N) is 1. The lowest BCUT2D eigenvalue weighted by Crippen LogP contribution is -2.47. The summed E-state index contributed by atoms with van der Waals surface area (Å²) in [5.41, 5.74) is 0.0724. The Morgan fingerprint density at radius 2 is 2.12 bits per heavy atom. The van der Waals surface area contributed by atoms with Gasteiger partial charge in [0, 0.05) is 12.6 Å². The molecule has 1 atom stereocenters. The van der Waals surface area contributed by atoms with E-state index < -0.39 is 15.4 Å². The number of carbonyl (C=O) groups excluding carboxylic acids is 1. The van der Waals surface area contributed by atoms with Crippen LogP contribution in [-0.2, 0) is 21.7 Å². The first-order chi connectivity index (χ1) is 12.2. The number of aromatic nitrogens is 3. The van der Waals surface area contributed by atoms with E-state index in [0.717, 1.165) is 5.56 Å².